The first-order valence-corrected chi connectivity index (χ1v) is 7.57. The van der Waals surface area contributed by atoms with Gasteiger partial charge in [0, 0.05) is 14.5 Å². The van der Waals surface area contributed by atoms with Gasteiger partial charge in [0.1, 0.15) is 5.75 Å². The topological polar surface area (TPSA) is 32.3 Å². The van der Waals surface area contributed by atoms with Crippen LogP contribution in [0.5, 0.6) is 5.75 Å². The Labute approximate surface area is 130 Å². The van der Waals surface area contributed by atoms with E-state index in [2.05, 4.69) is 49.3 Å². The number of phenols is 1. The van der Waals surface area contributed by atoms with Gasteiger partial charge in [-0.1, -0.05) is 18.2 Å². The van der Waals surface area contributed by atoms with Gasteiger partial charge in [-0.25, -0.2) is 0 Å². The lowest BCUT2D eigenvalue weighted by Crippen LogP contribution is -2.08. The Morgan fingerprint density at radius 2 is 1.68 bits per heavy atom. The van der Waals surface area contributed by atoms with Crippen molar-refractivity contribution in [2.75, 3.05) is 5.32 Å². The average Bonchev–Trinajstić information content (AvgIpc) is 2.34. The minimum absolute atomic E-state index is 0.0107. The average molecular weight is 385 g/mol. The van der Waals surface area contributed by atoms with E-state index in [1.165, 1.54) is 5.56 Å². The summed E-state index contributed by atoms with van der Waals surface area (Å²) in [5.74, 6) is 0.307. The zero-order valence-electron chi connectivity index (χ0n) is 10.7. The Bertz CT molecular complexity index is 575. The van der Waals surface area contributed by atoms with Crippen LogP contribution in [-0.4, -0.2) is 5.11 Å². The number of halogens is 2. The third-order valence-corrected chi connectivity index (χ3v) is 4.20. The minimum Gasteiger partial charge on any atom is -0.508 e. The molecule has 0 spiro atoms. The van der Waals surface area contributed by atoms with Crippen LogP contribution in [0.15, 0.2) is 45.3 Å². The first kappa shape index (κ1) is 14.4. The lowest BCUT2D eigenvalue weighted by molar-refractivity contribution is 0.465. The Kier molecular flexibility index (Phi) is 4.53. The highest BCUT2D eigenvalue weighted by molar-refractivity contribution is 9.11. The number of rotatable bonds is 3. The van der Waals surface area contributed by atoms with Crippen LogP contribution in [-0.2, 0) is 0 Å². The molecule has 0 aliphatic carbocycles. The molecule has 0 radical (unpaired) electrons. The number of aromatic hydroxyl groups is 1. The van der Waals surface area contributed by atoms with Gasteiger partial charge in [0.2, 0.25) is 0 Å². The maximum atomic E-state index is 9.88. The smallest absolute Gasteiger partial charge is 0.120 e. The maximum absolute atomic E-state index is 9.88. The van der Waals surface area contributed by atoms with Gasteiger partial charge < -0.3 is 10.4 Å². The third kappa shape index (κ3) is 3.31. The SMILES string of the molecule is Cc1cc(Br)c(NC(C)c2ccccc2O)c(Br)c1. The van der Waals surface area contributed by atoms with Crippen LogP contribution in [0.25, 0.3) is 0 Å². The molecule has 2 rings (SSSR count). The summed E-state index contributed by atoms with van der Waals surface area (Å²) in [6.45, 7) is 4.07. The van der Waals surface area contributed by atoms with Crippen LogP contribution in [0.1, 0.15) is 24.1 Å². The van der Waals surface area contributed by atoms with Crippen molar-refractivity contribution in [1.82, 2.24) is 0 Å². The van der Waals surface area contributed by atoms with Crippen molar-refractivity contribution in [2.24, 2.45) is 0 Å². The first-order chi connectivity index (χ1) is 8.99. The molecule has 1 atom stereocenters. The Morgan fingerprint density at radius 3 is 2.26 bits per heavy atom. The van der Waals surface area contributed by atoms with Crippen LogP contribution >= 0.6 is 31.9 Å². The molecule has 0 aliphatic rings. The summed E-state index contributed by atoms with van der Waals surface area (Å²) in [6, 6.07) is 11.5. The number of hydrogen-bond acceptors (Lipinski definition) is 2. The van der Waals surface area contributed by atoms with E-state index in [1.54, 1.807) is 6.07 Å². The molecule has 0 aliphatic heterocycles. The Balaban J connectivity index is 2.29. The van der Waals surface area contributed by atoms with Crippen LogP contribution in [0.3, 0.4) is 0 Å². The van der Waals surface area contributed by atoms with Crippen molar-refractivity contribution in [2.45, 2.75) is 19.9 Å². The van der Waals surface area contributed by atoms with Gasteiger partial charge in [0.25, 0.3) is 0 Å². The summed E-state index contributed by atoms with van der Waals surface area (Å²) in [6.07, 6.45) is 0. The number of benzene rings is 2. The molecule has 0 saturated heterocycles. The second-order valence-electron chi connectivity index (χ2n) is 4.53. The van der Waals surface area contributed by atoms with E-state index in [0.717, 1.165) is 20.2 Å². The molecule has 2 nitrogen and oxygen atoms in total. The standard InChI is InChI=1S/C15H15Br2NO/c1-9-7-12(16)15(13(17)8-9)18-10(2)11-5-3-4-6-14(11)19/h3-8,10,18-19H,1-2H3. The van der Waals surface area contributed by atoms with Gasteiger partial charge in [0.15, 0.2) is 0 Å². The van der Waals surface area contributed by atoms with Crippen LogP contribution < -0.4 is 5.32 Å². The molecule has 0 amide bonds. The summed E-state index contributed by atoms with van der Waals surface area (Å²) in [5.41, 5.74) is 3.04. The minimum atomic E-state index is 0.0107. The van der Waals surface area contributed by atoms with Crippen molar-refractivity contribution in [1.29, 1.82) is 0 Å². The fraction of sp³-hybridized carbons (Fsp3) is 0.200. The molecule has 0 fully saturated rings. The molecule has 100 valence electrons. The number of hydrogen-bond donors (Lipinski definition) is 2. The molecule has 0 heterocycles. The lowest BCUT2D eigenvalue weighted by Gasteiger charge is -2.19. The van der Waals surface area contributed by atoms with Gasteiger partial charge in [-0.2, -0.15) is 0 Å². The van der Waals surface area contributed by atoms with Crippen molar-refractivity contribution >= 4 is 37.5 Å². The molecule has 0 aromatic heterocycles. The van der Waals surface area contributed by atoms with Crippen molar-refractivity contribution in [3.63, 3.8) is 0 Å². The van der Waals surface area contributed by atoms with Crippen molar-refractivity contribution in [3.05, 3.63) is 56.5 Å². The van der Waals surface area contributed by atoms with E-state index in [9.17, 15) is 5.11 Å². The largest absolute Gasteiger partial charge is 0.508 e. The zero-order chi connectivity index (χ0) is 14.0. The van der Waals surface area contributed by atoms with Gasteiger partial charge >= 0.3 is 0 Å². The molecule has 0 saturated carbocycles. The van der Waals surface area contributed by atoms with E-state index in [-0.39, 0.29) is 6.04 Å². The second-order valence-corrected chi connectivity index (χ2v) is 6.24. The highest BCUT2D eigenvalue weighted by atomic mass is 79.9. The molecule has 19 heavy (non-hydrogen) atoms. The van der Waals surface area contributed by atoms with E-state index in [1.807, 2.05) is 32.0 Å². The zero-order valence-corrected chi connectivity index (χ0v) is 13.9. The maximum Gasteiger partial charge on any atom is 0.120 e. The highest BCUT2D eigenvalue weighted by Gasteiger charge is 2.13. The molecular formula is C15H15Br2NO. The van der Waals surface area contributed by atoms with Crippen LogP contribution in [0, 0.1) is 6.92 Å². The fourth-order valence-electron chi connectivity index (χ4n) is 1.99. The normalized spacial score (nSPS) is 12.2. The lowest BCUT2D eigenvalue weighted by atomic mass is 10.1. The van der Waals surface area contributed by atoms with Gasteiger partial charge in [0.05, 0.1) is 11.7 Å². The summed E-state index contributed by atoms with van der Waals surface area (Å²) >= 11 is 7.13. The molecule has 0 bridgehead atoms. The highest BCUT2D eigenvalue weighted by Crippen LogP contribution is 2.36. The molecule has 1 unspecified atom stereocenters. The summed E-state index contributed by atoms with van der Waals surface area (Å²) < 4.78 is 2.00. The van der Waals surface area contributed by atoms with Gasteiger partial charge in [-0.15, -0.1) is 0 Å². The molecule has 2 N–H and O–H groups in total. The molecule has 2 aromatic rings. The fourth-order valence-corrected chi connectivity index (χ4v) is 3.63. The van der Waals surface area contributed by atoms with Crippen molar-refractivity contribution in [3.8, 4) is 5.75 Å². The van der Waals surface area contributed by atoms with E-state index in [4.69, 9.17) is 0 Å². The molecule has 2 aromatic carbocycles. The monoisotopic (exact) mass is 383 g/mol. The predicted octanol–water partition coefficient (Wildman–Crippen LogP) is 5.40. The number of phenolic OH excluding ortho intramolecular Hbond substituents is 1. The summed E-state index contributed by atoms with van der Waals surface area (Å²) in [7, 11) is 0. The second kappa shape index (κ2) is 5.97. The number of aryl methyl sites for hydroxylation is 1. The van der Waals surface area contributed by atoms with Crippen LogP contribution in [0.4, 0.5) is 5.69 Å². The number of para-hydroxylation sites is 1. The van der Waals surface area contributed by atoms with Crippen LogP contribution in [0.2, 0.25) is 0 Å². The van der Waals surface area contributed by atoms with Crippen molar-refractivity contribution < 1.29 is 5.11 Å². The van der Waals surface area contributed by atoms with Gasteiger partial charge in [-0.3, -0.25) is 0 Å². The van der Waals surface area contributed by atoms with Gasteiger partial charge in [-0.05, 0) is 69.5 Å². The molecular weight excluding hydrogens is 370 g/mol. The Hall–Kier alpha value is -1.00. The third-order valence-electron chi connectivity index (χ3n) is 2.95. The quantitative estimate of drug-likeness (QED) is 0.742. The Morgan fingerprint density at radius 1 is 1.11 bits per heavy atom. The summed E-state index contributed by atoms with van der Waals surface area (Å²) in [5, 5.41) is 13.3. The van der Waals surface area contributed by atoms with E-state index in [0.29, 0.717) is 5.75 Å². The number of nitrogens with one attached hydrogen (secondary N) is 1. The first-order valence-electron chi connectivity index (χ1n) is 5.99. The van der Waals surface area contributed by atoms with E-state index < -0.39 is 0 Å². The summed E-state index contributed by atoms with van der Waals surface area (Å²) in [4.78, 5) is 0. The number of anilines is 1. The van der Waals surface area contributed by atoms with E-state index >= 15 is 0 Å². The predicted molar refractivity (Wildman–Crippen MR) is 86.7 cm³/mol. The molecule has 4 heteroatoms.